The van der Waals surface area contributed by atoms with E-state index in [2.05, 4.69) is 10.3 Å². The Kier molecular flexibility index (Phi) is 7.14. The first-order chi connectivity index (χ1) is 14.5. The molecule has 2 aromatic carbocycles. The fourth-order valence-electron chi connectivity index (χ4n) is 3.06. The minimum atomic E-state index is -0.177. The molecule has 2 amide bonds. The Morgan fingerprint density at radius 3 is 2.47 bits per heavy atom. The first-order valence-corrected chi connectivity index (χ1v) is 10.7. The average Bonchev–Trinajstić information content (AvgIpc) is 3.20. The number of rotatable bonds is 7. The van der Waals surface area contributed by atoms with Crippen LogP contribution in [0.3, 0.4) is 0 Å². The second-order valence-corrected chi connectivity index (χ2v) is 7.79. The number of nitrogens with zero attached hydrogens (tertiary/aromatic N) is 2. The van der Waals surface area contributed by atoms with E-state index in [4.69, 9.17) is 0 Å². The lowest BCUT2D eigenvalue weighted by atomic mass is 10.0. The number of aryl methyl sites for hydroxylation is 1. The van der Waals surface area contributed by atoms with Crippen LogP contribution in [0.15, 0.2) is 66.1 Å². The number of thiazole rings is 1. The normalized spacial score (nSPS) is 12.0. The number of hydrogen-bond donors (Lipinski definition) is 1. The number of benzene rings is 2. The molecular formula is C24H25N3O2S. The minimum absolute atomic E-state index is 0.0416. The van der Waals surface area contributed by atoms with E-state index >= 15 is 0 Å². The molecule has 0 radical (unpaired) electrons. The molecule has 0 saturated heterocycles. The molecule has 3 rings (SSSR count). The lowest BCUT2D eigenvalue weighted by molar-refractivity contribution is -0.117. The van der Waals surface area contributed by atoms with Crippen LogP contribution in [0.2, 0.25) is 0 Å². The van der Waals surface area contributed by atoms with Crippen molar-refractivity contribution in [1.82, 2.24) is 10.3 Å². The highest BCUT2D eigenvalue weighted by atomic mass is 32.1. The smallest absolute Gasteiger partial charge is 0.244 e. The van der Waals surface area contributed by atoms with Gasteiger partial charge in [0.1, 0.15) is 0 Å². The van der Waals surface area contributed by atoms with E-state index in [0.717, 1.165) is 17.7 Å². The van der Waals surface area contributed by atoms with Crippen molar-refractivity contribution in [2.24, 2.45) is 0 Å². The predicted octanol–water partition coefficient (Wildman–Crippen LogP) is 5.42. The summed E-state index contributed by atoms with van der Waals surface area (Å²) >= 11 is 1.36. The van der Waals surface area contributed by atoms with Gasteiger partial charge in [-0.2, -0.15) is 0 Å². The maximum Gasteiger partial charge on any atom is 0.244 e. The van der Waals surface area contributed by atoms with E-state index < -0.39 is 0 Å². The Morgan fingerprint density at radius 2 is 1.83 bits per heavy atom. The van der Waals surface area contributed by atoms with Crippen LogP contribution in [-0.4, -0.2) is 16.8 Å². The summed E-state index contributed by atoms with van der Waals surface area (Å²) in [7, 11) is 0. The van der Waals surface area contributed by atoms with Gasteiger partial charge in [0.05, 0.1) is 17.4 Å². The summed E-state index contributed by atoms with van der Waals surface area (Å²) in [5.41, 5.74) is 3.67. The quantitative estimate of drug-likeness (QED) is 0.520. The topological polar surface area (TPSA) is 62.3 Å². The number of para-hydroxylation sites is 1. The second-order valence-electron chi connectivity index (χ2n) is 6.96. The second kappa shape index (κ2) is 9.98. The molecule has 0 aliphatic heterocycles. The van der Waals surface area contributed by atoms with Crippen LogP contribution in [0.25, 0.3) is 6.08 Å². The third kappa shape index (κ3) is 5.42. The summed E-state index contributed by atoms with van der Waals surface area (Å²) in [4.78, 5) is 30.6. The van der Waals surface area contributed by atoms with Gasteiger partial charge in [-0.1, -0.05) is 55.0 Å². The molecule has 0 unspecified atom stereocenters. The fraction of sp³-hybridized carbons (Fsp3) is 0.208. The Morgan fingerprint density at radius 1 is 1.13 bits per heavy atom. The van der Waals surface area contributed by atoms with Gasteiger partial charge in [0, 0.05) is 18.4 Å². The number of hydrogen-bond acceptors (Lipinski definition) is 4. The van der Waals surface area contributed by atoms with E-state index in [1.54, 1.807) is 11.0 Å². The Bertz CT molecular complexity index is 1030. The summed E-state index contributed by atoms with van der Waals surface area (Å²) in [5.74, 6) is -0.295. The number of amides is 2. The molecule has 0 bridgehead atoms. The monoisotopic (exact) mass is 419 g/mol. The van der Waals surface area contributed by atoms with E-state index in [1.807, 2.05) is 73.8 Å². The molecule has 1 N–H and O–H groups in total. The molecular weight excluding hydrogens is 394 g/mol. The van der Waals surface area contributed by atoms with Crippen molar-refractivity contribution in [3.05, 3.63) is 82.9 Å². The molecule has 1 heterocycles. The molecule has 5 nitrogen and oxygen atoms in total. The summed E-state index contributed by atoms with van der Waals surface area (Å²) in [6.45, 7) is 5.59. The molecule has 0 fully saturated rings. The van der Waals surface area contributed by atoms with Gasteiger partial charge in [-0.05, 0) is 37.1 Å². The molecule has 1 aromatic heterocycles. The number of nitrogens with one attached hydrogen (secondary N) is 1. The third-order valence-corrected chi connectivity index (χ3v) is 5.48. The van der Waals surface area contributed by atoms with Crippen molar-refractivity contribution in [2.75, 3.05) is 4.90 Å². The molecule has 6 heteroatoms. The standard InChI is InChI=1S/C24H25N3O2S/c1-4-22(19-12-10-17(2)11-13-19)26-23(29)15-14-20-16-30-24(25-20)27(18(3)28)21-8-6-5-7-9-21/h5-16,22H,4H2,1-3H3,(H,26,29)/b15-14+/t22-/m1/s1. The largest absolute Gasteiger partial charge is 0.346 e. The molecule has 3 aromatic rings. The average molecular weight is 420 g/mol. The van der Waals surface area contributed by atoms with Crippen LogP contribution >= 0.6 is 11.3 Å². The highest BCUT2D eigenvalue weighted by molar-refractivity contribution is 7.14. The summed E-state index contributed by atoms with van der Waals surface area (Å²) in [6.07, 6.45) is 3.95. The summed E-state index contributed by atoms with van der Waals surface area (Å²) < 4.78 is 0. The lowest BCUT2D eigenvalue weighted by Gasteiger charge is -2.17. The van der Waals surface area contributed by atoms with Crippen molar-refractivity contribution >= 4 is 40.0 Å². The lowest BCUT2D eigenvalue weighted by Crippen LogP contribution is -2.26. The zero-order valence-corrected chi connectivity index (χ0v) is 18.1. The minimum Gasteiger partial charge on any atom is -0.346 e. The molecule has 0 aliphatic carbocycles. The van der Waals surface area contributed by atoms with Crippen LogP contribution in [0.5, 0.6) is 0 Å². The first kappa shape index (κ1) is 21.5. The van der Waals surface area contributed by atoms with Crippen molar-refractivity contribution in [3.63, 3.8) is 0 Å². The van der Waals surface area contributed by atoms with E-state index in [9.17, 15) is 9.59 Å². The van der Waals surface area contributed by atoms with Crippen LogP contribution < -0.4 is 10.2 Å². The molecule has 1 atom stereocenters. The van der Waals surface area contributed by atoms with Gasteiger partial charge in [0.15, 0.2) is 5.13 Å². The molecule has 0 saturated carbocycles. The van der Waals surface area contributed by atoms with Gasteiger partial charge in [-0.25, -0.2) is 4.98 Å². The van der Waals surface area contributed by atoms with Crippen LogP contribution in [-0.2, 0) is 9.59 Å². The third-order valence-electron chi connectivity index (χ3n) is 4.64. The Hall–Kier alpha value is -3.25. The van der Waals surface area contributed by atoms with E-state index in [0.29, 0.717) is 10.8 Å². The van der Waals surface area contributed by atoms with Crippen molar-refractivity contribution in [3.8, 4) is 0 Å². The Labute approximate surface area is 181 Å². The number of aromatic nitrogens is 1. The van der Waals surface area contributed by atoms with Gasteiger partial charge >= 0.3 is 0 Å². The maximum atomic E-state index is 12.4. The molecule has 154 valence electrons. The highest BCUT2D eigenvalue weighted by Crippen LogP contribution is 2.29. The maximum absolute atomic E-state index is 12.4. The fourth-order valence-corrected chi connectivity index (χ4v) is 3.92. The summed E-state index contributed by atoms with van der Waals surface area (Å²) in [6, 6.07) is 17.5. The van der Waals surface area contributed by atoms with Gasteiger partial charge in [0.25, 0.3) is 0 Å². The van der Waals surface area contributed by atoms with Gasteiger partial charge in [0.2, 0.25) is 11.8 Å². The first-order valence-electron chi connectivity index (χ1n) is 9.84. The van der Waals surface area contributed by atoms with Crippen LogP contribution in [0.1, 0.15) is 43.1 Å². The number of carbonyl (C=O) groups is 2. The van der Waals surface area contributed by atoms with Crippen molar-refractivity contribution in [2.45, 2.75) is 33.2 Å². The van der Waals surface area contributed by atoms with Crippen LogP contribution in [0.4, 0.5) is 10.8 Å². The van der Waals surface area contributed by atoms with E-state index in [1.165, 1.54) is 29.9 Å². The van der Waals surface area contributed by atoms with E-state index in [-0.39, 0.29) is 17.9 Å². The van der Waals surface area contributed by atoms with Gasteiger partial charge in [-0.3, -0.25) is 14.5 Å². The molecule has 0 aliphatic rings. The van der Waals surface area contributed by atoms with Crippen molar-refractivity contribution < 1.29 is 9.59 Å². The molecule has 30 heavy (non-hydrogen) atoms. The molecule has 0 spiro atoms. The summed E-state index contributed by atoms with van der Waals surface area (Å²) in [5, 5.41) is 5.43. The zero-order chi connectivity index (χ0) is 21.5. The van der Waals surface area contributed by atoms with Crippen LogP contribution in [0, 0.1) is 6.92 Å². The van der Waals surface area contributed by atoms with Gasteiger partial charge < -0.3 is 5.32 Å². The predicted molar refractivity (Wildman–Crippen MR) is 123 cm³/mol. The Balaban J connectivity index is 1.69. The van der Waals surface area contributed by atoms with Gasteiger partial charge in [-0.15, -0.1) is 11.3 Å². The number of carbonyl (C=O) groups excluding carboxylic acids is 2. The SMILES string of the molecule is CC[C@@H](NC(=O)/C=C/c1csc(N(C(C)=O)c2ccccc2)n1)c1ccc(C)cc1. The van der Waals surface area contributed by atoms with Crippen molar-refractivity contribution in [1.29, 1.82) is 0 Å². The zero-order valence-electron chi connectivity index (χ0n) is 17.3. The number of anilines is 2. The highest BCUT2D eigenvalue weighted by Gasteiger charge is 2.17.